The number of hydrogen-bond donors (Lipinski definition) is 0. The van der Waals surface area contributed by atoms with Gasteiger partial charge in [-0.05, 0) is 56.4 Å². The Morgan fingerprint density at radius 3 is 2.04 bits per heavy atom. The van der Waals surface area contributed by atoms with Crippen molar-refractivity contribution in [3.63, 3.8) is 0 Å². The molecule has 0 spiro atoms. The van der Waals surface area contributed by atoms with Gasteiger partial charge in [-0.15, -0.1) is 0 Å². The van der Waals surface area contributed by atoms with E-state index in [9.17, 15) is 4.79 Å². The first-order valence-electron chi connectivity index (χ1n) is 10.3. The van der Waals surface area contributed by atoms with Gasteiger partial charge in [0.05, 0.1) is 6.61 Å². The molecule has 28 heavy (non-hydrogen) atoms. The molecule has 4 heteroatoms. The summed E-state index contributed by atoms with van der Waals surface area (Å²) in [5, 5.41) is 0. The molecule has 0 radical (unpaired) electrons. The summed E-state index contributed by atoms with van der Waals surface area (Å²) in [7, 11) is 2.14. The molecule has 0 N–H and O–H groups in total. The summed E-state index contributed by atoms with van der Waals surface area (Å²) in [6, 6.07) is 19.4. The van der Waals surface area contributed by atoms with Crippen LogP contribution < -0.4 is 0 Å². The van der Waals surface area contributed by atoms with Crippen molar-refractivity contribution in [2.24, 2.45) is 5.92 Å². The number of nitrogens with zero attached hydrogens (tertiary/aromatic N) is 1. The van der Waals surface area contributed by atoms with E-state index in [4.69, 9.17) is 9.47 Å². The van der Waals surface area contributed by atoms with Crippen molar-refractivity contribution in [2.75, 3.05) is 33.4 Å². The molecule has 0 aliphatic carbocycles. The third kappa shape index (κ3) is 4.62. The van der Waals surface area contributed by atoms with Gasteiger partial charge in [0.1, 0.15) is 0 Å². The molecule has 3 rings (SSSR count). The fourth-order valence-corrected chi connectivity index (χ4v) is 3.75. The molecule has 0 saturated carbocycles. The summed E-state index contributed by atoms with van der Waals surface area (Å²) in [6.07, 6.45) is 2.94. The van der Waals surface area contributed by atoms with Gasteiger partial charge in [-0.25, -0.2) is 4.79 Å². The number of rotatable bonds is 8. The van der Waals surface area contributed by atoms with Crippen LogP contribution in [0.4, 0.5) is 0 Å². The van der Waals surface area contributed by atoms with Gasteiger partial charge in [-0.2, -0.15) is 0 Å². The van der Waals surface area contributed by atoms with E-state index in [2.05, 4.69) is 11.9 Å². The highest BCUT2D eigenvalue weighted by atomic mass is 16.6. The van der Waals surface area contributed by atoms with Crippen molar-refractivity contribution in [2.45, 2.75) is 31.8 Å². The largest absolute Gasteiger partial charge is 0.463 e. The lowest BCUT2D eigenvalue weighted by molar-refractivity contribution is -0.170. The van der Waals surface area contributed by atoms with E-state index < -0.39 is 5.60 Å². The number of esters is 1. The summed E-state index contributed by atoms with van der Waals surface area (Å²) in [6.45, 7) is 5.08. The van der Waals surface area contributed by atoms with E-state index in [1.807, 2.05) is 67.6 Å². The van der Waals surface area contributed by atoms with Crippen LogP contribution in [0.15, 0.2) is 60.7 Å². The molecule has 1 aliphatic rings. The number of carbonyl (C=O) groups excluding carboxylic acids is 1. The molecule has 0 unspecified atom stereocenters. The van der Waals surface area contributed by atoms with Gasteiger partial charge in [0.2, 0.25) is 5.60 Å². The van der Waals surface area contributed by atoms with Gasteiger partial charge in [-0.3, -0.25) is 0 Å². The Hall–Kier alpha value is -2.17. The van der Waals surface area contributed by atoms with E-state index in [-0.39, 0.29) is 5.97 Å². The maximum Gasteiger partial charge on any atom is 0.347 e. The molecule has 150 valence electrons. The second kappa shape index (κ2) is 9.85. The van der Waals surface area contributed by atoms with Crippen LogP contribution in [-0.2, 0) is 19.9 Å². The SMILES string of the molecule is CCCOC(C(=O)OCC1CCN(C)CC1)(c1ccccc1)c1ccccc1. The fraction of sp³-hybridized carbons (Fsp3) is 0.458. The molecule has 2 aromatic carbocycles. The van der Waals surface area contributed by atoms with Crippen molar-refractivity contribution < 1.29 is 14.3 Å². The van der Waals surface area contributed by atoms with Crippen LogP contribution in [0.5, 0.6) is 0 Å². The van der Waals surface area contributed by atoms with Crippen molar-refractivity contribution in [3.8, 4) is 0 Å². The predicted molar refractivity (Wildman–Crippen MR) is 111 cm³/mol. The number of piperidine rings is 1. The maximum atomic E-state index is 13.5. The van der Waals surface area contributed by atoms with Crippen molar-refractivity contribution >= 4 is 5.97 Å². The van der Waals surface area contributed by atoms with Crippen molar-refractivity contribution in [1.82, 2.24) is 4.90 Å². The highest BCUT2D eigenvalue weighted by Gasteiger charge is 2.45. The second-order valence-corrected chi connectivity index (χ2v) is 7.61. The van der Waals surface area contributed by atoms with E-state index in [1.54, 1.807) is 0 Å². The Bertz CT molecular complexity index is 685. The van der Waals surface area contributed by atoms with Gasteiger partial charge < -0.3 is 14.4 Å². The van der Waals surface area contributed by atoms with Crippen molar-refractivity contribution in [1.29, 1.82) is 0 Å². The Morgan fingerprint density at radius 1 is 1.00 bits per heavy atom. The molecular formula is C24H31NO3. The molecule has 0 bridgehead atoms. The average Bonchev–Trinajstić information content (AvgIpc) is 2.75. The Labute approximate surface area is 168 Å². The molecule has 2 aromatic rings. The van der Waals surface area contributed by atoms with Crippen LogP contribution in [0, 0.1) is 5.92 Å². The summed E-state index contributed by atoms with van der Waals surface area (Å²) in [5.74, 6) is 0.0906. The van der Waals surface area contributed by atoms with E-state index in [1.165, 1.54) is 0 Å². The van der Waals surface area contributed by atoms with Crippen molar-refractivity contribution in [3.05, 3.63) is 71.8 Å². The quantitative estimate of drug-likeness (QED) is 0.641. The van der Waals surface area contributed by atoms with Gasteiger partial charge in [0.15, 0.2) is 0 Å². The summed E-state index contributed by atoms with van der Waals surface area (Å²) in [5.41, 5.74) is 0.385. The minimum absolute atomic E-state index is 0.322. The number of hydrogen-bond acceptors (Lipinski definition) is 4. The molecule has 1 aliphatic heterocycles. The first kappa shape index (κ1) is 20.6. The number of ether oxygens (including phenoxy) is 2. The molecule has 1 fully saturated rings. The Kier molecular flexibility index (Phi) is 7.24. The third-order valence-electron chi connectivity index (χ3n) is 5.46. The van der Waals surface area contributed by atoms with Gasteiger partial charge in [0, 0.05) is 6.61 Å². The summed E-state index contributed by atoms with van der Waals surface area (Å²) < 4.78 is 12.2. The van der Waals surface area contributed by atoms with Crippen LogP contribution in [0.1, 0.15) is 37.3 Å². The number of likely N-dealkylation sites (tertiary alicyclic amines) is 1. The highest BCUT2D eigenvalue weighted by Crippen LogP contribution is 2.36. The maximum absolute atomic E-state index is 13.5. The molecule has 0 aromatic heterocycles. The summed E-state index contributed by atoms with van der Waals surface area (Å²) >= 11 is 0. The Morgan fingerprint density at radius 2 is 1.54 bits per heavy atom. The molecular weight excluding hydrogens is 350 g/mol. The summed E-state index contributed by atoms with van der Waals surface area (Å²) in [4.78, 5) is 15.8. The van der Waals surface area contributed by atoms with E-state index in [0.717, 1.165) is 43.5 Å². The fourth-order valence-electron chi connectivity index (χ4n) is 3.75. The molecule has 1 heterocycles. The minimum atomic E-state index is -1.23. The average molecular weight is 382 g/mol. The lowest BCUT2D eigenvalue weighted by atomic mass is 9.85. The monoisotopic (exact) mass is 381 g/mol. The zero-order valence-corrected chi connectivity index (χ0v) is 17.0. The topological polar surface area (TPSA) is 38.8 Å². The zero-order valence-electron chi connectivity index (χ0n) is 17.0. The van der Waals surface area contributed by atoms with Crippen LogP contribution in [-0.4, -0.2) is 44.2 Å². The highest BCUT2D eigenvalue weighted by molar-refractivity contribution is 5.85. The third-order valence-corrected chi connectivity index (χ3v) is 5.46. The number of benzene rings is 2. The smallest absolute Gasteiger partial charge is 0.347 e. The molecule has 1 saturated heterocycles. The number of carbonyl (C=O) groups is 1. The minimum Gasteiger partial charge on any atom is -0.463 e. The van der Waals surface area contributed by atoms with Gasteiger partial charge in [-0.1, -0.05) is 67.6 Å². The molecule has 0 amide bonds. The van der Waals surface area contributed by atoms with Crippen LogP contribution in [0.2, 0.25) is 0 Å². The first-order valence-corrected chi connectivity index (χ1v) is 10.3. The van der Waals surface area contributed by atoms with Gasteiger partial charge in [0.25, 0.3) is 0 Å². The normalized spacial score (nSPS) is 16.1. The molecule has 0 atom stereocenters. The second-order valence-electron chi connectivity index (χ2n) is 7.61. The van der Waals surface area contributed by atoms with E-state index in [0.29, 0.717) is 19.1 Å². The zero-order chi connectivity index (χ0) is 19.8. The van der Waals surface area contributed by atoms with Gasteiger partial charge >= 0.3 is 5.97 Å². The Balaban J connectivity index is 1.89. The van der Waals surface area contributed by atoms with E-state index >= 15 is 0 Å². The molecule has 4 nitrogen and oxygen atoms in total. The van der Waals surface area contributed by atoms with Crippen LogP contribution in [0.3, 0.4) is 0 Å². The first-order chi connectivity index (χ1) is 13.7. The van der Waals surface area contributed by atoms with Crippen LogP contribution in [0.25, 0.3) is 0 Å². The lowest BCUT2D eigenvalue weighted by Gasteiger charge is -2.34. The van der Waals surface area contributed by atoms with Crippen LogP contribution >= 0.6 is 0 Å². The predicted octanol–water partition coefficient (Wildman–Crippen LogP) is 4.24. The lowest BCUT2D eigenvalue weighted by Crippen LogP contribution is -2.43. The standard InChI is InChI=1S/C24H31NO3/c1-3-18-28-24(21-10-6-4-7-11-21,22-12-8-5-9-13-22)23(26)27-19-20-14-16-25(2)17-15-20/h4-13,20H,3,14-19H2,1-2H3.